The fourth-order valence-corrected chi connectivity index (χ4v) is 4.99. The molecule has 0 saturated carbocycles. The van der Waals surface area contributed by atoms with Crippen LogP contribution in [0.3, 0.4) is 0 Å². The van der Waals surface area contributed by atoms with E-state index in [4.69, 9.17) is 23.8 Å². The van der Waals surface area contributed by atoms with Gasteiger partial charge in [-0.3, -0.25) is 0 Å². The lowest BCUT2D eigenvalue weighted by Crippen LogP contribution is -2.60. The molecule has 0 unspecified atom stereocenters. The number of rotatable bonds is 15. The van der Waals surface area contributed by atoms with Gasteiger partial charge in [0, 0.05) is 4.91 Å². The van der Waals surface area contributed by atoms with Gasteiger partial charge in [-0.2, -0.15) is 0 Å². The van der Waals surface area contributed by atoms with Crippen LogP contribution in [-0.4, -0.2) is 43.3 Å². The Bertz CT molecular complexity index is 1450. The first-order chi connectivity index (χ1) is 21.8. The van der Waals surface area contributed by atoms with Crippen molar-refractivity contribution in [3.05, 3.63) is 154 Å². The molecule has 44 heavy (non-hydrogen) atoms. The summed E-state index contributed by atoms with van der Waals surface area (Å²) in [6.45, 7) is 1.52. The number of benzene rings is 4. The van der Waals surface area contributed by atoms with Gasteiger partial charge in [0.15, 0.2) is 0 Å². The van der Waals surface area contributed by atoms with Gasteiger partial charge in [0.2, 0.25) is 0 Å². The topological polar surface area (TPSA) is 107 Å². The van der Waals surface area contributed by atoms with Gasteiger partial charge in [-0.1, -0.05) is 132 Å². The third-order valence-electron chi connectivity index (χ3n) is 7.20. The lowest BCUT2D eigenvalue weighted by Gasteiger charge is -2.44. The van der Waals surface area contributed by atoms with E-state index in [9.17, 15) is 5.53 Å². The van der Waals surface area contributed by atoms with Gasteiger partial charge < -0.3 is 23.8 Å². The van der Waals surface area contributed by atoms with Crippen molar-refractivity contribution in [2.24, 2.45) is 10.3 Å². The molecule has 4 aromatic carbocycles. The van der Waals surface area contributed by atoms with Gasteiger partial charge in [-0.25, -0.2) is 0 Å². The Morgan fingerprint density at radius 1 is 0.636 bits per heavy atom. The first-order valence-electron chi connectivity index (χ1n) is 14.6. The molecule has 1 aliphatic rings. The van der Waals surface area contributed by atoms with E-state index in [1.807, 2.05) is 121 Å². The molecule has 1 aliphatic heterocycles. The molecule has 1 fully saturated rings. The van der Waals surface area contributed by atoms with Crippen LogP contribution in [-0.2, 0) is 50.2 Å². The molecule has 1 saturated heterocycles. The summed E-state index contributed by atoms with van der Waals surface area (Å²) >= 11 is 0. The van der Waals surface area contributed by atoms with E-state index in [-0.39, 0.29) is 13.2 Å². The SMILES string of the molecule is [N-]=[N+]=N[C@@H]1[C@@H](OCc2ccccc2)[C@@H](OCc2ccccc2)[C@@H](COCc2ccccc2)O[C@H]1/C=N/OCc1ccccc1. The molecular formula is C35H36N4O5. The Morgan fingerprint density at radius 3 is 1.64 bits per heavy atom. The van der Waals surface area contributed by atoms with Gasteiger partial charge in [0.1, 0.15) is 24.9 Å². The number of azide groups is 1. The second-order valence-corrected chi connectivity index (χ2v) is 10.4. The van der Waals surface area contributed by atoms with Crippen molar-refractivity contribution in [2.45, 2.75) is 56.9 Å². The molecule has 0 radical (unpaired) electrons. The highest BCUT2D eigenvalue weighted by Gasteiger charge is 2.47. The van der Waals surface area contributed by atoms with Crippen LogP contribution < -0.4 is 0 Å². The second kappa shape index (κ2) is 17.0. The standard InChI is InChI=1S/C35H36N4O5/c36-39-38-33-31(21-37-43-25-30-19-11-4-12-20-30)44-32(26-40-22-27-13-5-1-6-14-27)34(41-23-28-15-7-2-8-16-28)35(33)42-24-29-17-9-3-10-18-29/h1-21,31-35H,22-26H2/b37-21+/t31-,32+,33-,34-,35+/m0/s1. The van der Waals surface area contributed by atoms with Crippen LogP contribution >= 0.6 is 0 Å². The maximum absolute atomic E-state index is 9.59. The zero-order chi connectivity index (χ0) is 30.2. The number of oxime groups is 1. The monoisotopic (exact) mass is 592 g/mol. The molecule has 4 aromatic rings. The van der Waals surface area contributed by atoms with Crippen LogP contribution in [0.4, 0.5) is 0 Å². The van der Waals surface area contributed by atoms with E-state index in [1.165, 1.54) is 6.21 Å². The predicted octanol–water partition coefficient (Wildman–Crippen LogP) is 7.02. The summed E-state index contributed by atoms with van der Waals surface area (Å²) in [5.74, 6) is 0. The van der Waals surface area contributed by atoms with Gasteiger partial charge in [-0.15, -0.1) is 0 Å². The molecule has 5 atom stereocenters. The lowest BCUT2D eigenvalue weighted by molar-refractivity contribution is -0.215. The van der Waals surface area contributed by atoms with Crippen molar-refractivity contribution in [3.63, 3.8) is 0 Å². The Hall–Kier alpha value is -4.50. The van der Waals surface area contributed by atoms with Gasteiger partial charge >= 0.3 is 0 Å². The van der Waals surface area contributed by atoms with Crippen molar-refractivity contribution >= 4 is 6.21 Å². The minimum absolute atomic E-state index is 0.220. The number of nitrogens with zero attached hydrogens (tertiary/aromatic N) is 4. The summed E-state index contributed by atoms with van der Waals surface area (Å²) in [7, 11) is 0. The fraction of sp³-hybridized carbons (Fsp3) is 0.286. The quantitative estimate of drug-likeness (QED) is 0.0485. The Morgan fingerprint density at radius 2 is 1.11 bits per heavy atom. The van der Waals surface area contributed by atoms with E-state index in [2.05, 4.69) is 15.2 Å². The van der Waals surface area contributed by atoms with E-state index < -0.39 is 30.5 Å². The molecule has 0 N–H and O–H groups in total. The Kier molecular flexibility index (Phi) is 11.9. The number of ether oxygens (including phenoxy) is 4. The van der Waals surface area contributed by atoms with Crippen LogP contribution in [0.1, 0.15) is 22.3 Å². The summed E-state index contributed by atoms with van der Waals surface area (Å²) in [6, 6.07) is 38.6. The molecule has 0 bridgehead atoms. The average molecular weight is 593 g/mol. The van der Waals surface area contributed by atoms with Gasteiger partial charge in [0.05, 0.1) is 44.8 Å². The van der Waals surface area contributed by atoms with Gasteiger partial charge in [0.25, 0.3) is 0 Å². The van der Waals surface area contributed by atoms with Crippen LogP contribution in [0.2, 0.25) is 0 Å². The molecule has 9 nitrogen and oxygen atoms in total. The number of hydrogen-bond acceptors (Lipinski definition) is 7. The van der Waals surface area contributed by atoms with Crippen LogP contribution in [0.5, 0.6) is 0 Å². The van der Waals surface area contributed by atoms with E-state index in [1.54, 1.807) is 0 Å². The third kappa shape index (κ3) is 9.25. The third-order valence-corrected chi connectivity index (χ3v) is 7.20. The van der Waals surface area contributed by atoms with E-state index in [0.29, 0.717) is 19.8 Å². The molecular weight excluding hydrogens is 556 g/mol. The second-order valence-electron chi connectivity index (χ2n) is 10.4. The largest absolute Gasteiger partial charge is 0.391 e. The van der Waals surface area contributed by atoms with Gasteiger partial charge in [-0.05, 0) is 27.8 Å². The highest BCUT2D eigenvalue weighted by Crippen LogP contribution is 2.30. The molecule has 0 amide bonds. The molecule has 226 valence electrons. The maximum Gasteiger partial charge on any atom is 0.142 e. The van der Waals surface area contributed by atoms with Crippen molar-refractivity contribution in [1.82, 2.24) is 0 Å². The van der Waals surface area contributed by atoms with E-state index in [0.717, 1.165) is 22.3 Å². The predicted molar refractivity (Wildman–Crippen MR) is 167 cm³/mol. The lowest BCUT2D eigenvalue weighted by atomic mass is 9.93. The zero-order valence-electron chi connectivity index (χ0n) is 24.4. The van der Waals surface area contributed by atoms with Crippen LogP contribution in [0.25, 0.3) is 10.4 Å². The van der Waals surface area contributed by atoms with Crippen LogP contribution in [0.15, 0.2) is 132 Å². The number of hydrogen-bond donors (Lipinski definition) is 0. The smallest absolute Gasteiger partial charge is 0.142 e. The highest BCUT2D eigenvalue weighted by molar-refractivity contribution is 5.64. The van der Waals surface area contributed by atoms with Crippen molar-refractivity contribution in [1.29, 1.82) is 0 Å². The molecule has 0 aliphatic carbocycles. The zero-order valence-corrected chi connectivity index (χ0v) is 24.4. The fourth-order valence-electron chi connectivity index (χ4n) is 4.99. The molecule has 0 spiro atoms. The van der Waals surface area contributed by atoms with E-state index >= 15 is 0 Å². The Balaban J connectivity index is 1.39. The molecule has 9 heteroatoms. The van der Waals surface area contributed by atoms with Crippen molar-refractivity contribution < 1.29 is 23.8 Å². The highest BCUT2D eigenvalue weighted by atomic mass is 16.6. The van der Waals surface area contributed by atoms with Crippen LogP contribution in [0, 0.1) is 0 Å². The average Bonchev–Trinajstić information content (AvgIpc) is 3.08. The molecule has 0 aromatic heterocycles. The Labute approximate surface area is 257 Å². The maximum atomic E-state index is 9.59. The summed E-state index contributed by atoms with van der Waals surface area (Å²) in [5, 5.41) is 8.31. The summed E-state index contributed by atoms with van der Waals surface area (Å²) in [5.41, 5.74) is 13.6. The van der Waals surface area contributed by atoms with Crippen molar-refractivity contribution in [3.8, 4) is 0 Å². The molecule has 1 heterocycles. The van der Waals surface area contributed by atoms with Crippen molar-refractivity contribution in [2.75, 3.05) is 6.61 Å². The summed E-state index contributed by atoms with van der Waals surface area (Å²) < 4.78 is 25.7. The molecule has 5 rings (SSSR count). The summed E-state index contributed by atoms with van der Waals surface area (Å²) in [4.78, 5) is 8.72. The normalized spacial score (nSPS) is 21.5. The minimum atomic E-state index is -0.779. The summed E-state index contributed by atoms with van der Waals surface area (Å²) in [6.07, 6.45) is -1.05. The first kappa shape index (κ1) is 30.9. The minimum Gasteiger partial charge on any atom is -0.391 e. The first-order valence-corrected chi connectivity index (χ1v) is 14.6.